The van der Waals surface area contributed by atoms with Gasteiger partial charge < -0.3 is 5.32 Å². The quantitative estimate of drug-likeness (QED) is 0.489. The molecule has 2 N–H and O–H groups in total. The van der Waals surface area contributed by atoms with Crippen molar-refractivity contribution >= 4 is 21.6 Å². The van der Waals surface area contributed by atoms with Crippen LogP contribution in [-0.4, -0.2) is 20.4 Å². The summed E-state index contributed by atoms with van der Waals surface area (Å²) in [5.41, 5.74) is 6.46. The van der Waals surface area contributed by atoms with E-state index in [9.17, 15) is 13.2 Å². The molecule has 0 bridgehead atoms. The van der Waals surface area contributed by atoms with Gasteiger partial charge in [-0.15, -0.1) is 0 Å². The molecule has 0 fully saturated rings. The number of hydrogen-bond acceptors (Lipinski definition) is 3. The van der Waals surface area contributed by atoms with E-state index in [-0.39, 0.29) is 10.8 Å². The molecule has 1 unspecified atom stereocenters. The molecule has 154 valence electrons. The normalized spacial score (nSPS) is 13.4. The number of fused-ring (bicyclic) bond motifs is 3. The van der Waals surface area contributed by atoms with Gasteiger partial charge in [0.2, 0.25) is 15.9 Å². The van der Waals surface area contributed by atoms with Gasteiger partial charge in [0.25, 0.3) is 0 Å². The van der Waals surface area contributed by atoms with Crippen LogP contribution in [0.15, 0.2) is 71.6 Å². The molecule has 1 atom stereocenters. The first-order valence-electron chi connectivity index (χ1n) is 9.98. The predicted octanol–water partition coefficient (Wildman–Crippen LogP) is 4.26. The predicted molar refractivity (Wildman–Crippen MR) is 119 cm³/mol. The van der Waals surface area contributed by atoms with E-state index in [2.05, 4.69) is 22.2 Å². The number of carbonyl (C=O) groups excluding carboxylic acids is 1. The number of hydrogen-bond donors (Lipinski definition) is 2. The lowest BCUT2D eigenvalue weighted by Gasteiger charge is -2.17. The molecule has 0 aliphatic heterocycles. The van der Waals surface area contributed by atoms with Gasteiger partial charge in [-0.25, -0.2) is 8.42 Å². The molecule has 0 heterocycles. The van der Waals surface area contributed by atoms with Gasteiger partial charge >= 0.3 is 0 Å². The molecular formula is C24H24N2O3S. The molecule has 0 spiro atoms. The molecule has 5 nitrogen and oxygen atoms in total. The van der Waals surface area contributed by atoms with Crippen molar-refractivity contribution in [3.8, 4) is 11.1 Å². The highest BCUT2D eigenvalue weighted by atomic mass is 32.2. The van der Waals surface area contributed by atoms with Gasteiger partial charge in [-0.3, -0.25) is 4.79 Å². The number of benzene rings is 3. The highest BCUT2D eigenvalue weighted by Crippen LogP contribution is 2.37. The first kappa shape index (κ1) is 20.3. The van der Waals surface area contributed by atoms with Gasteiger partial charge in [-0.1, -0.05) is 55.0 Å². The second-order valence-corrected chi connectivity index (χ2v) is 9.30. The topological polar surface area (TPSA) is 75.3 Å². The molecule has 6 heteroatoms. The van der Waals surface area contributed by atoms with Crippen LogP contribution in [-0.2, 0) is 21.2 Å². The van der Waals surface area contributed by atoms with E-state index in [1.54, 1.807) is 31.2 Å². The fraction of sp³-hybridized carbons (Fsp3) is 0.208. The van der Waals surface area contributed by atoms with Crippen LogP contribution in [0.25, 0.3) is 11.1 Å². The number of nitrogens with one attached hydrogen (secondary N) is 2. The standard InChI is InChI=1S/C24H24N2O3S/c1-3-23(26-30(28,29)20-11-8-16(2)9-12-20)24(27)25-19-10-13-22-18(15-19)14-17-6-4-5-7-21(17)22/h4-13,15,23,26H,3,14H2,1-2H3,(H,25,27). The highest BCUT2D eigenvalue weighted by Gasteiger charge is 2.25. The summed E-state index contributed by atoms with van der Waals surface area (Å²) in [6, 6.07) is 19.8. The molecule has 3 aromatic rings. The van der Waals surface area contributed by atoms with Gasteiger partial charge in [0.1, 0.15) is 6.04 Å². The molecule has 0 aromatic heterocycles. The summed E-state index contributed by atoms with van der Waals surface area (Å²) in [4.78, 5) is 12.9. The second kappa shape index (κ2) is 8.05. The van der Waals surface area contributed by atoms with E-state index in [1.165, 1.54) is 16.7 Å². The van der Waals surface area contributed by atoms with Gasteiger partial charge in [-0.05, 0) is 66.3 Å². The van der Waals surface area contributed by atoms with Crippen molar-refractivity contribution in [2.45, 2.75) is 37.6 Å². The minimum absolute atomic E-state index is 0.148. The van der Waals surface area contributed by atoms with Crippen LogP contribution >= 0.6 is 0 Å². The summed E-state index contributed by atoms with van der Waals surface area (Å²) in [5, 5.41) is 2.87. The fourth-order valence-electron chi connectivity index (χ4n) is 3.75. The second-order valence-electron chi connectivity index (χ2n) is 7.59. The molecule has 1 aliphatic rings. The average molecular weight is 421 g/mol. The lowest BCUT2D eigenvalue weighted by atomic mass is 10.1. The molecular weight excluding hydrogens is 396 g/mol. The van der Waals surface area contributed by atoms with Crippen LogP contribution < -0.4 is 10.0 Å². The van der Waals surface area contributed by atoms with Crippen LogP contribution in [0.5, 0.6) is 0 Å². The average Bonchev–Trinajstić information content (AvgIpc) is 3.10. The first-order chi connectivity index (χ1) is 14.4. The maximum absolute atomic E-state index is 12.8. The molecule has 3 aromatic carbocycles. The van der Waals surface area contributed by atoms with E-state index in [0.29, 0.717) is 12.1 Å². The molecule has 1 amide bonds. The number of anilines is 1. The third-order valence-corrected chi connectivity index (χ3v) is 6.90. The Labute approximate surface area is 177 Å². The summed E-state index contributed by atoms with van der Waals surface area (Å²) in [6.07, 6.45) is 1.17. The van der Waals surface area contributed by atoms with E-state index in [1.807, 2.05) is 37.3 Å². The highest BCUT2D eigenvalue weighted by molar-refractivity contribution is 7.89. The Morgan fingerprint density at radius 1 is 0.967 bits per heavy atom. The van der Waals surface area contributed by atoms with Crippen LogP contribution in [0.4, 0.5) is 5.69 Å². The Bertz CT molecular complexity index is 1200. The van der Waals surface area contributed by atoms with Gasteiger partial charge in [-0.2, -0.15) is 4.72 Å². The third kappa shape index (κ3) is 4.01. The van der Waals surface area contributed by atoms with E-state index >= 15 is 0 Å². The molecule has 1 aliphatic carbocycles. The summed E-state index contributed by atoms with van der Waals surface area (Å²) in [7, 11) is -3.78. The monoisotopic (exact) mass is 420 g/mol. The summed E-state index contributed by atoms with van der Waals surface area (Å²) < 4.78 is 27.8. The lowest BCUT2D eigenvalue weighted by molar-refractivity contribution is -0.117. The summed E-state index contributed by atoms with van der Waals surface area (Å²) in [5.74, 6) is -0.372. The third-order valence-electron chi connectivity index (χ3n) is 5.41. The minimum atomic E-state index is -3.78. The van der Waals surface area contributed by atoms with E-state index < -0.39 is 16.1 Å². The maximum Gasteiger partial charge on any atom is 0.242 e. The van der Waals surface area contributed by atoms with Crippen LogP contribution in [0.1, 0.15) is 30.0 Å². The zero-order chi connectivity index (χ0) is 21.3. The zero-order valence-electron chi connectivity index (χ0n) is 17.0. The molecule has 0 radical (unpaired) electrons. The number of aryl methyl sites for hydroxylation is 1. The summed E-state index contributed by atoms with van der Waals surface area (Å²) in [6.45, 7) is 3.67. The molecule has 0 saturated carbocycles. The smallest absolute Gasteiger partial charge is 0.242 e. The number of sulfonamides is 1. The lowest BCUT2D eigenvalue weighted by Crippen LogP contribution is -2.43. The summed E-state index contributed by atoms with van der Waals surface area (Å²) >= 11 is 0. The number of rotatable bonds is 6. The Hall–Kier alpha value is -2.96. The largest absolute Gasteiger partial charge is 0.325 e. The Kier molecular flexibility index (Phi) is 5.45. The van der Waals surface area contributed by atoms with Crippen molar-refractivity contribution in [1.29, 1.82) is 0 Å². The fourth-order valence-corrected chi connectivity index (χ4v) is 5.03. The molecule has 30 heavy (non-hydrogen) atoms. The van der Waals surface area contributed by atoms with E-state index in [4.69, 9.17) is 0 Å². The SMILES string of the molecule is CCC(NS(=O)(=O)c1ccc(C)cc1)C(=O)Nc1ccc2c(c1)Cc1ccccc1-2. The van der Waals surface area contributed by atoms with Crippen molar-refractivity contribution in [2.24, 2.45) is 0 Å². The van der Waals surface area contributed by atoms with Gasteiger partial charge in [0.15, 0.2) is 0 Å². The van der Waals surface area contributed by atoms with Gasteiger partial charge in [0, 0.05) is 5.69 Å². The zero-order valence-corrected chi connectivity index (χ0v) is 17.8. The number of amides is 1. The van der Waals surface area contributed by atoms with Crippen molar-refractivity contribution < 1.29 is 13.2 Å². The van der Waals surface area contributed by atoms with Crippen LogP contribution in [0, 0.1) is 6.92 Å². The van der Waals surface area contributed by atoms with Crippen molar-refractivity contribution in [3.05, 3.63) is 83.4 Å². The Morgan fingerprint density at radius 3 is 2.40 bits per heavy atom. The Morgan fingerprint density at radius 2 is 1.67 bits per heavy atom. The minimum Gasteiger partial charge on any atom is -0.325 e. The number of carbonyl (C=O) groups is 1. The maximum atomic E-state index is 12.8. The van der Waals surface area contributed by atoms with Gasteiger partial charge in [0.05, 0.1) is 4.90 Å². The first-order valence-corrected chi connectivity index (χ1v) is 11.5. The molecule has 4 rings (SSSR count). The van der Waals surface area contributed by atoms with Crippen molar-refractivity contribution in [2.75, 3.05) is 5.32 Å². The molecule has 0 saturated heterocycles. The van der Waals surface area contributed by atoms with Crippen molar-refractivity contribution in [3.63, 3.8) is 0 Å². The van der Waals surface area contributed by atoms with Crippen molar-refractivity contribution in [1.82, 2.24) is 4.72 Å². The van der Waals surface area contributed by atoms with Crippen LogP contribution in [0.2, 0.25) is 0 Å². The Balaban J connectivity index is 1.49. The van der Waals surface area contributed by atoms with E-state index in [0.717, 1.165) is 17.5 Å². The van der Waals surface area contributed by atoms with Crippen LogP contribution in [0.3, 0.4) is 0 Å².